The summed E-state index contributed by atoms with van der Waals surface area (Å²) in [6, 6.07) is 0. The zero-order valence-electron chi connectivity index (χ0n) is 20.7. The molecule has 0 bridgehead atoms. The number of carbonyl (C=O) groups excluding carboxylic acids is 3. The van der Waals surface area contributed by atoms with Gasteiger partial charge in [-0.15, -0.1) is 0 Å². The molecule has 0 aromatic rings. The van der Waals surface area contributed by atoms with E-state index < -0.39 is 5.91 Å². The summed E-state index contributed by atoms with van der Waals surface area (Å²) in [5, 5.41) is 3.21. The van der Waals surface area contributed by atoms with Crippen molar-refractivity contribution in [3.8, 4) is 0 Å². The first-order valence-corrected chi connectivity index (χ1v) is 12.6. The Morgan fingerprint density at radius 1 is 0.750 bits per heavy atom. The van der Waals surface area contributed by atoms with E-state index in [0.29, 0.717) is 13.1 Å². The molecule has 0 atom stereocenters. The minimum absolute atomic E-state index is 0.0483. The van der Waals surface area contributed by atoms with Crippen LogP contribution in [0.3, 0.4) is 0 Å². The molecule has 0 aliphatic rings. The van der Waals surface area contributed by atoms with Crippen LogP contribution in [0.25, 0.3) is 0 Å². The Balaban J connectivity index is 4.00. The molecule has 3 amide bonds. The van der Waals surface area contributed by atoms with Gasteiger partial charge >= 0.3 is 0 Å². The van der Waals surface area contributed by atoms with E-state index in [2.05, 4.69) is 12.2 Å². The monoisotopic (exact) mass is 455 g/mol. The molecule has 0 rings (SSSR count). The number of carbonyl (C=O) groups is 3. The number of hydrogen-bond acceptors (Lipinski definition) is 5. The molecule has 0 aliphatic heterocycles. The normalized spacial score (nSPS) is 10.8. The standard InChI is InChI=1S/C24H49N5O3/c1-3-4-5-6-7-8-9-10-11-12-14-17-27-19-23(31)29(18-15-13-16-25)21-24(32)28(2)20-22(26)30/h27H,3-21,25H2,1-2H3,(H2,26,30). The molecule has 8 nitrogen and oxygen atoms in total. The molecular formula is C24H49N5O3. The fourth-order valence-electron chi connectivity index (χ4n) is 3.57. The molecule has 8 heteroatoms. The summed E-state index contributed by atoms with van der Waals surface area (Å²) < 4.78 is 0. The zero-order chi connectivity index (χ0) is 24.0. The lowest BCUT2D eigenvalue weighted by Crippen LogP contribution is -2.46. The first kappa shape index (κ1) is 30.3. The average molecular weight is 456 g/mol. The summed E-state index contributed by atoms with van der Waals surface area (Å²) in [5.74, 6) is -0.975. The molecule has 0 spiro atoms. The number of primary amides is 1. The minimum atomic E-state index is -0.574. The number of likely N-dealkylation sites (N-methyl/N-ethyl adjacent to an activating group) is 1. The van der Waals surface area contributed by atoms with Gasteiger partial charge < -0.3 is 26.6 Å². The van der Waals surface area contributed by atoms with Crippen LogP contribution in [0.15, 0.2) is 0 Å². The molecule has 0 aromatic heterocycles. The van der Waals surface area contributed by atoms with Gasteiger partial charge in [0.15, 0.2) is 0 Å². The van der Waals surface area contributed by atoms with E-state index in [9.17, 15) is 14.4 Å². The first-order valence-electron chi connectivity index (χ1n) is 12.6. The summed E-state index contributed by atoms with van der Waals surface area (Å²) in [4.78, 5) is 38.7. The lowest BCUT2D eigenvalue weighted by atomic mass is 10.1. The third-order valence-electron chi connectivity index (χ3n) is 5.61. The van der Waals surface area contributed by atoms with E-state index in [-0.39, 0.29) is 31.4 Å². The number of hydrogen-bond donors (Lipinski definition) is 3. The SMILES string of the molecule is CCCCCCCCCCCCCNCC(=O)N(CCCCN)CC(=O)N(C)CC(N)=O. The Morgan fingerprint density at radius 3 is 1.84 bits per heavy atom. The second-order valence-corrected chi connectivity index (χ2v) is 8.74. The van der Waals surface area contributed by atoms with Crippen molar-refractivity contribution in [3.63, 3.8) is 0 Å². The van der Waals surface area contributed by atoms with Crippen molar-refractivity contribution in [3.05, 3.63) is 0 Å². The summed E-state index contributed by atoms with van der Waals surface area (Å²) >= 11 is 0. The Morgan fingerprint density at radius 2 is 1.31 bits per heavy atom. The van der Waals surface area contributed by atoms with Crippen LogP contribution in [0, 0.1) is 0 Å². The molecule has 0 radical (unpaired) electrons. The largest absolute Gasteiger partial charge is 0.368 e. The van der Waals surface area contributed by atoms with E-state index >= 15 is 0 Å². The molecule has 0 fully saturated rings. The van der Waals surface area contributed by atoms with Crippen molar-refractivity contribution in [2.75, 3.05) is 46.3 Å². The molecule has 0 heterocycles. The van der Waals surface area contributed by atoms with Crippen molar-refractivity contribution >= 4 is 17.7 Å². The number of amides is 3. The van der Waals surface area contributed by atoms with Crippen molar-refractivity contribution in [1.29, 1.82) is 0 Å². The number of nitrogens with zero attached hydrogens (tertiary/aromatic N) is 2. The topological polar surface area (TPSA) is 122 Å². The van der Waals surface area contributed by atoms with Crippen LogP contribution in [0.1, 0.15) is 90.4 Å². The Hall–Kier alpha value is -1.67. The number of nitrogens with one attached hydrogen (secondary N) is 1. The summed E-state index contributed by atoms with van der Waals surface area (Å²) in [7, 11) is 1.51. The third-order valence-corrected chi connectivity index (χ3v) is 5.61. The van der Waals surface area contributed by atoms with Gasteiger partial charge in [-0.25, -0.2) is 0 Å². The van der Waals surface area contributed by atoms with Gasteiger partial charge in [-0.3, -0.25) is 14.4 Å². The highest BCUT2D eigenvalue weighted by molar-refractivity contribution is 5.88. The first-order chi connectivity index (χ1) is 15.4. The van der Waals surface area contributed by atoms with Gasteiger partial charge in [0.2, 0.25) is 17.7 Å². The Bertz CT molecular complexity index is 502. The molecule has 0 saturated heterocycles. The predicted molar refractivity (Wildman–Crippen MR) is 131 cm³/mol. The number of rotatable bonds is 22. The summed E-state index contributed by atoms with van der Waals surface area (Å²) in [5.41, 5.74) is 10.7. The van der Waals surface area contributed by atoms with Crippen molar-refractivity contribution in [2.24, 2.45) is 11.5 Å². The van der Waals surface area contributed by atoms with Gasteiger partial charge in [0.05, 0.1) is 19.6 Å². The van der Waals surface area contributed by atoms with Crippen LogP contribution >= 0.6 is 0 Å². The van der Waals surface area contributed by atoms with Crippen molar-refractivity contribution in [1.82, 2.24) is 15.1 Å². The molecule has 0 aliphatic carbocycles. The van der Waals surface area contributed by atoms with Gasteiger partial charge in [0.1, 0.15) is 0 Å². The van der Waals surface area contributed by atoms with Gasteiger partial charge in [-0.1, -0.05) is 71.1 Å². The fraction of sp³-hybridized carbons (Fsp3) is 0.875. The quantitative estimate of drug-likeness (QED) is 0.216. The molecule has 0 aromatic carbocycles. The predicted octanol–water partition coefficient (Wildman–Crippen LogP) is 2.40. The molecule has 32 heavy (non-hydrogen) atoms. The van der Waals surface area contributed by atoms with Crippen LogP contribution in [-0.2, 0) is 14.4 Å². The lowest BCUT2D eigenvalue weighted by Gasteiger charge is -2.25. The number of unbranched alkanes of at least 4 members (excludes halogenated alkanes) is 11. The van der Waals surface area contributed by atoms with Crippen LogP contribution < -0.4 is 16.8 Å². The van der Waals surface area contributed by atoms with E-state index in [1.807, 2.05) is 0 Å². The average Bonchev–Trinajstić information content (AvgIpc) is 2.75. The summed E-state index contributed by atoms with van der Waals surface area (Å²) in [6.07, 6.45) is 15.8. The maximum Gasteiger partial charge on any atom is 0.242 e. The van der Waals surface area contributed by atoms with Gasteiger partial charge in [-0.05, 0) is 32.4 Å². The van der Waals surface area contributed by atoms with E-state index in [4.69, 9.17) is 11.5 Å². The van der Waals surface area contributed by atoms with Crippen LogP contribution in [-0.4, -0.2) is 73.8 Å². The van der Waals surface area contributed by atoms with Crippen LogP contribution in [0.4, 0.5) is 0 Å². The third kappa shape index (κ3) is 18.0. The Labute approximate surface area is 195 Å². The van der Waals surface area contributed by atoms with Crippen LogP contribution in [0.2, 0.25) is 0 Å². The molecule has 188 valence electrons. The highest BCUT2D eigenvalue weighted by atomic mass is 16.2. The molecule has 0 unspecified atom stereocenters. The van der Waals surface area contributed by atoms with Gasteiger partial charge in [-0.2, -0.15) is 0 Å². The maximum absolute atomic E-state index is 12.6. The zero-order valence-corrected chi connectivity index (χ0v) is 20.7. The van der Waals surface area contributed by atoms with Crippen LogP contribution in [0.5, 0.6) is 0 Å². The molecule has 5 N–H and O–H groups in total. The molecule has 0 saturated carbocycles. The van der Waals surface area contributed by atoms with Crippen molar-refractivity contribution < 1.29 is 14.4 Å². The summed E-state index contributed by atoms with van der Waals surface area (Å²) in [6.45, 7) is 4.09. The highest BCUT2D eigenvalue weighted by Gasteiger charge is 2.19. The Kier molecular flexibility index (Phi) is 20.1. The van der Waals surface area contributed by atoms with E-state index in [1.54, 1.807) is 4.90 Å². The smallest absolute Gasteiger partial charge is 0.242 e. The minimum Gasteiger partial charge on any atom is -0.368 e. The second kappa shape index (κ2) is 21.2. The lowest BCUT2D eigenvalue weighted by molar-refractivity contribution is -0.140. The van der Waals surface area contributed by atoms with E-state index in [1.165, 1.54) is 76.2 Å². The van der Waals surface area contributed by atoms with E-state index in [0.717, 1.165) is 25.8 Å². The van der Waals surface area contributed by atoms with Crippen molar-refractivity contribution in [2.45, 2.75) is 90.4 Å². The molecular weight excluding hydrogens is 406 g/mol. The van der Waals surface area contributed by atoms with Gasteiger partial charge in [0, 0.05) is 13.6 Å². The maximum atomic E-state index is 12.6. The van der Waals surface area contributed by atoms with Gasteiger partial charge in [0.25, 0.3) is 0 Å². The highest BCUT2D eigenvalue weighted by Crippen LogP contribution is 2.11. The number of nitrogens with two attached hydrogens (primary N) is 2. The second-order valence-electron chi connectivity index (χ2n) is 8.74. The fourth-order valence-corrected chi connectivity index (χ4v) is 3.57.